The lowest BCUT2D eigenvalue weighted by Crippen LogP contribution is -2.25. The van der Waals surface area contributed by atoms with Crippen LogP contribution >= 0.6 is 0 Å². The summed E-state index contributed by atoms with van der Waals surface area (Å²) >= 11 is 0. The molecule has 0 saturated heterocycles. The summed E-state index contributed by atoms with van der Waals surface area (Å²) in [6.45, 7) is 4.13. The van der Waals surface area contributed by atoms with E-state index in [4.69, 9.17) is 0 Å². The van der Waals surface area contributed by atoms with Gasteiger partial charge in [0.05, 0.1) is 5.56 Å². The first kappa shape index (κ1) is 13.5. The number of carbonyl (C=O) groups excluding carboxylic acids is 1. The Kier molecular flexibility index (Phi) is 3.56. The molecule has 1 heterocycles. The summed E-state index contributed by atoms with van der Waals surface area (Å²) in [5, 5.41) is 6.05. The van der Waals surface area contributed by atoms with Crippen molar-refractivity contribution in [2.75, 3.05) is 5.32 Å². The second-order valence-corrected chi connectivity index (χ2v) is 5.47. The van der Waals surface area contributed by atoms with Gasteiger partial charge in [-0.25, -0.2) is 9.97 Å². The molecule has 3 rings (SSSR count). The van der Waals surface area contributed by atoms with E-state index in [1.165, 1.54) is 11.1 Å². The van der Waals surface area contributed by atoms with Crippen molar-refractivity contribution in [2.24, 2.45) is 0 Å². The lowest BCUT2D eigenvalue weighted by molar-refractivity contribution is 0.0950. The van der Waals surface area contributed by atoms with E-state index in [1.807, 2.05) is 12.1 Å². The van der Waals surface area contributed by atoms with Crippen molar-refractivity contribution in [3.63, 3.8) is 0 Å². The second kappa shape index (κ2) is 5.52. The Morgan fingerprint density at radius 3 is 2.48 bits per heavy atom. The third-order valence-electron chi connectivity index (χ3n) is 3.59. The van der Waals surface area contributed by atoms with Crippen LogP contribution in [0, 0.1) is 13.8 Å². The number of benzene rings is 1. The second-order valence-electron chi connectivity index (χ2n) is 5.47. The highest BCUT2D eigenvalue weighted by molar-refractivity contribution is 5.94. The first-order valence-electron chi connectivity index (χ1n) is 7.09. The molecular weight excluding hydrogens is 264 g/mol. The zero-order valence-electron chi connectivity index (χ0n) is 12.2. The number of nitrogens with one attached hydrogen (secondary N) is 2. The summed E-state index contributed by atoms with van der Waals surface area (Å²) < 4.78 is 0. The van der Waals surface area contributed by atoms with E-state index in [2.05, 4.69) is 40.5 Å². The van der Waals surface area contributed by atoms with Gasteiger partial charge < -0.3 is 10.6 Å². The molecule has 1 aliphatic carbocycles. The quantitative estimate of drug-likeness (QED) is 0.905. The van der Waals surface area contributed by atoms with E-state index in [0.29, 0.717) is 17.6 Å². The molecule has 0 aliphatic heterocycles. The number of hydrogen-bond acceptors (Lipinski definition) is 4. The topological polar surface area (TPSA) is 66.9 Å². The van der Waals surface area contributed by atoms with E-state index in [9.17, 15) is 4.79 Å². The van der Waals surface area contributed by atoms with Crippen LogP contribution in [0.4, 0.5) is 11.6 Å². The fourth-order valence-corrected chi connectivity index (χ4v) is 1.95. The van der Waals surface area contributed by atoms with Crippen molar-refractivity contribution in [3.05, 3.63) is 47.3 Å². The molecule has 0 atom stereocenters. The van der Waals surface area contributed by atoms with Gasteiger partial charge in [0.1, 0.15) is 0 Å². The smallest absolute Gasteiger partial charge is 0.254 e. The Balaban J connectivity index is 1.68. The molecule has 1 aromatic carbocycles. The molecule has 1 fully saturated rings. The van der Waals surface area contributed by atoms with Gasteiger partial charge in [0.2, 0.25) is 5.95 Å². The molecule has 21 heavy (non-hydrogen) atoms. The summed E-state index contributed by atoms with van der Waals surface area (Å²) in [4.78, 5) is 20.2. The SMILES string of the molecule is Cc1ccc(Nc2ncc(C(=O)NC3CC3)cn2)cc1C. The average molecular weight is 282 g/mol. The molecule has 2 N–H and O–H groups in total. The van der Waals surface area contributed by atoms with Gasteiger partial charge in [-0.05, 0) is 49.9 Å². The Hall–Kier alpha value is -2.43. The summed E-state index contributed by atoms with van der Waals surface area (Å²) in [6, 6.07) is 6.42. The van der Waals surface area contributed by atoms with E-state index < -0.39 is 0 Å². The van der Waals surface area contributed by atoms with Crippen LogP contribution in [0.15, 0.2) is 30.6 Å². The van der Waals surface area contributed by atoms with Gasteiger partial charge in [0.25, 0.3) is 5.91 Å². The van der Waals surface area contributed by atoms with E-state index >= 15 is 0 Å². The molecule has 0 radical (unpaired) electrons. The first-order valence-corrected chi connectivity index (χ1v) is 7.09. The van der Waals surface area contributed by atoms with Crippen LogP contribution in [0.25, 0.3) is 0 Å². The van der Waals surface area contributed by atoms with Gasteiger partial charge in [-0.2, -0.15) is 0 Å². The van der Waals surface area contributed by atoms with Gasteiger partial charge >= 0.3 is 0 Å². The number of aryl methyl sites for hydroxylation is 2. The van der Waals surface area contributed by atoms with E-state index in [-0.39, 0.29) is 5.91 Å². The molecule has 1 aromatic heterocycles. The summed E-state index contributed by atoms with van der Waals surface area (Å²) in [6.07, 6.45) is 5.24. The lowest BCUT2D eigenvalue weighted by atomic mass is 10.1. The minimum absolute atomic E-state index is 0.102. The fraction of sp³-hybridized carbons (Fsp3) is 0.312. The molecule has 1 aliphatic rings. The number of nitrogens with zero attached hydrogens (tertiary/aromatic N) is 2. The van der Waals surface area contributed by atoms with Crippen molar-refractivity contribution < 1.29 is 4.79 Å². The number of carbonyl (C=O) groups is 1. The Morgan fingerprint density at radius 1 is 1.14 bits per heavy atom. The number of amides is 1. The summed E-state index contributed by atoms with van der Waals surface area (Å²) in [5.41, 5.74) is 3.88. The zero-order valence-corrected chi connectivity index (χ0v) is 12.2. The highest BCUT2D eigenvalue weighted by Crippen LogP contribution is 2.19. The molecule has 5 nitrogen and oxygen atoms in total. The standard InChI is InChI=1S/C16H18N4O/c1-10-3-4-14(7-11(10)2)20-16-17-8-12(9-18-16)15(21)19-13-5-6-13/h3-4,7-9,13H,5-6H2,1-2H3,(H,19,21)(H,17,18,20). The lowest BCUT2D eigenvalue weighted by Gasteiger charge is -2.08. The molecule has 2 aromatic rings. The van der Waals surface area contributed by atoms with Crippen molar-refractivity contribution in [1.82, 2.24) is 15.3 Å². The number of aromatic nitrogens is 2. The maximum atomic E-state index is 11.8. The molecule has 0 bridgehead atoms. The minimum Gasteiger partial charge on any atom is -0.349 e. The molecular formula is C16H18N4O. The van der Waals surface area contributed by atoms with Crippen molar-refractivity contribution in [3.8, 4) is 0 Å². The number of hydrogen-bond donors (Lipinski definition) is 2. The van der Waals surface area contributed by atoms with Gasteiger partial charge in [-0.1, -0.05) is 6.07 Å². The van der Waals surface area contributed by atoms with Crippen LogP contribution in [-0.4, -0.2) is 21.9 Å². The normalized spacial score (nSPS) is 13.8. The maximum absolute atomic E-state index is 11.8. The van der Waals surface area contributed by atoms with E-state index in [0.717, 1.165) is 18.5 Å². The Bertz CT molecular complexity index is 662. The molecule has 5 heteroatoms. The highest BCUT2D eigenvalue weighted by Gasteiger charge is 2.23. The predicted octanol–water partition coefficient (Wildman–Crippen LogP) is 2.73. The molecule has 0 unspecified atom stereocenters. The van der Waals surface area contributed by atoms with Crippen molar-refractivity contribution in [2.45, 2.75) is 32.7 Å². The third-order valence-corrected chi connectivity index (χ3v) is 3.59. The maximum Gasteiger partial charge on any atom is 0.254 e. The number of anilines is 2. The van der Waals surface area contributed by atoms with Crippen LogP contribution < -0.4 is 10.6 Å². The number of rotatable bonds is 4. The van der Waals surface area contributed by atoms with Crippen molar-refractivity contribution in [1.29, 1.82) is 0 Å². The third kappa shape index (κ3) is 3.37. The first-order chi connectivity index (χ1) is 10.1. The summed E-state index contributed by atoms with van der Waals surface area (Å²) in [7, 11) is 0. The van der Waals surface area contributed by atoms with Crippen LogP contribution in [0.5, 0.6) is 0 Å². The van der Waals surface area contributed by atoms with Crippen LogP contribution in [0.3, 0.4) is 0 Å². The van der Waals surface area contributed by atoms with Gasteiger partial charge in [-0.3, -0.25) is 4.79 Å². The largest absolute Gasteiger partial charge is 0.349 e. The highest BCUT2D eigenvalue weighted by atomic mass is 16.1. The molecule has 0 spiro atoms. The summed E-state index contributed by atoms with van der Waals surface area (Å²) in [5.74, 6) is 0.386. The zero-order chi connectivity index (χ0) is 14.8. The van der Waals surface area contributed by atoms with Crippen LogP contribution in [-0.2, 0) is 0 Å². The van der Waals surface area contributed by atoms with E-state index in [1.54, 1.807) is 12.4 Å². The Labute approximate surface area is 123 Å². The average Bonchev–Trinajstić information content (AvgIpc) is 3.28. The predicted molar refractivity (Wildman–Crippen MR) is 81.7 cm³/mol. The molecule has 1 amide bonds. The van der Waals surface area contributed by atoms with Gasteiger partial charge in [0.15, 0.2) is 0 Å². The van der Waals surface area contributed by atoms with Gasteiger partial charge in [-0.15, -0.1) is 0 Å². The van der Waals surface area contributed by atoms with Gasteiger partial charge in [0, 0.05) is 24.1 Å². The molecule has 108 valence electrons. The van der Waals surface area contributed by atoms with Crippen LogP contribution in [0.2, 0.25) is 0 Å². The Morgan fingerprint density at radius 2 is 1.86 bits per heavy atom. The fourth-order valence-electron chi connectivity index (χ4n) is 1.95. The van der Waals surface area contributed by atoms with Crippen molar-refractivity contribution >= 4 is 17.5 Å². The molecule has 1 saturated carbocycles. The van der Waals surface area contributed by atoms with Crippen LogP contribution in [0.1, 0.15) is 34.3 Å². The monoisotopic (exact) mass is 282 g/mol. The minimum atomic E-state index is -0.102.